The summed E-state index contributed by atoms with van der Waals surface area (Å²) in [7, 11) is 0. The number of hydrogen-bond donors (Lipinski definition) is 0. The van der Waals surface area contributed by atoms with Crippen molar-refractivity contribution >= 4 is 12.4 Å². The highest BCUT2D eigenvalue weighted by molar-refractivity contribution is 5.85. The number of halogens is 1. The van der Waals surface area contributed by atoms with E-state index in [1.807, 2.05) is 0 Å². The summed E-state index contributed by atoms with van der Waals surface area (Å²) >= 11 is 0. The van der Waals surface area contributed by atoms with Gasteiger partial charge in [0.05, 0.1) is 0 Å². The molecule has 0 atom stereocenters. The van der Waals surface area contributed by atoms with Gasteiger partial charge in [-0.25, -0.2) is 0 Å². The Hall–Kier alpha value is 0.290. The smallest absolute Gasteiger partial charge is 0.0533 e. The Balaban J connectivity index is 0. The van der Waals surface area contributed by atoms with Gasteiger partial charge in [0.2, 0.25) is 0 Å². The minimum atomic E-state index is 0. The van der Waals surface area contributed by atoms with Crippen LogP contribution in [0.5, 0.6) is 0 Å². The predicted octanol–water partition coefficient (Wildman–Crippen LogP) is 7.30. The van der Waals surface area contributed by atoms with E-state index >= 15 is 0 Å². The first-order valence-corrected chi connectivity index (χ1v) is 8.41. The second-order valence-electron chi connectivity index (χ2n) is 5.60. The highest BCUT2D eigenvalue weighted by Gasteiger charge is 1.93. The van der Waals surface area contributed by atoms with Gasteiger partial charge >= 0.3 is 0 Å². The van der Waals surface area contributed by atoms with Crippen molar-refractivity contribution in [3.8, 4) is 0 Å². The van der Waals surface area contributed by atoms with Gasteiger partial charge in [-0.05, 0) is 0 Å². The Morgan fingerprint density at radius 1 is 0.333 bits per heavy atom. The lowest BCUT2D eigenvalue weighted by atomic mass is 10.0. The minimum Gasteiger partial charge on any atom is -0.147 e. The van der Waals surface area contributed by atoms with Crippen molar-refractivity contribution in [2.24, 2.45) is 0 Å². The third-order valence-electron chi connectivity index (χ3n) is 3.71. The first kappa shape index (κ1) is 20.6. The van der Waals surface area contributed by atoms with Gasteiger partial charge in [-0.1, -0.05) is 110 Å². The Morgan fingerprint density at radius 2 is 0.500 bits per heavy atom. The summed E-state index contributed by atoms with van der Waals surface area (Å²) in [6, 6.07) is 0. The van der Waals surface area contributed by atoms with E-state index in [1.165, 1.54) is 96.3 Å². The molecule has 0 radical (unpaired) electrons. The van der Waals surface area contributed by atoms with Crippen LogP contribution in [0.1, 0.15) is 110 Å². The van der Waals surface area contributed by atoms with Gasteiger partial charge in [0.25, 0.3) is 0 Å². The van der Waals surface area contributed by atoms with Gasteiger partial charge in [-0.3, -0.25) is 0 Å². The van der Waals surface area contributed by atoms with Crippen molar-refractivity contribution in [1.82, 2.24) is 0 Å². The monoisotopic (exact) mass is 276 g/mol. The van der Waals surface area contributed by atoms with E-state index in [0.29, 0.717) is 0 Å². The number of hydrogen-bond acceptors (Lipinski definition) is 0. The standard InChI is InChI=1S/C17H36.ClH/c1-3-5-7-9-11-13-15-17-16-14-12-10-8-6-4-2;/h3-17H2,1-2H3;1H. The molecule has 0 saturated carbocycles. The average Bonchev–Trinajstić information content (AvgIpc) is 2.35. The van der Waals surface area contributed by atoms with E-state index in [-0.39, 0.29) is 12.4 Å². The van der Waals surface area contributed by atoms with Crippen LogP contribution in [0.15, 0.2) is 0 Å². The number of rotatable bonds is 14. The lowest BCUT2D eigenvalue weighted by Gasteiger charge is -2.02. The van der Waals surface area contributed by atoms with Gasteiger partial charge in [0.15, 0.2) is 0 Å². The van der Waals surface area contributed by atoms with E-state index in [9.17, 15) is 0 Å². The molecule has 0 aromatic carbocycles. The molecule has 0 aliphatic rings. The summed E-state index contributed by atoms with van der Waals surface area (Å²) in [5.74, 6) is 0. The van der Waals surface area contributed by atoms with E-state index < -0.39 is 0 Å². The summed E-state index contributed by atoms with van der Waals surface area (Å²) in [5.41, 5.74) is 0. The summed E-state index contributed by atoms with van der Waals surface area (Å²) in [6.45, 7) is 4.58. The van der Waals surface area contributed by atoms with Gasteiger partial charge in [0.1, 0.15) is 0 Å². The van der Waals surface area contributed by atoms with Crippen molar-refractivity contribution in [3.05, 3.63) is 0 Å². The predicted molar refractivity (Wildman–Crippen MR) is 87.9 cm³/mol. The molecule has 0 bridgehead atoms. The molecule has 0 nitrogen and oxygen atoms in total. The zero-order valence-corrected chi connectivity index (χ0v) is 13.8. The van der Waals surface area contributed by atoms with Crippen molar-refractivity contribution in [2.75, 3.05) is 0 Å². The van der Waals surface area contributed by atoms with E-state index in [4.69, 9.17) is 0 Å². The molecule has 0 aromatic heterocycles. The van der Waals surface area contributed by atoms with Crippen LogP contribution >= 0.6 is 12.4 Å². The highest BCUT2D eigenvalue weighted by atomic mass is 35.5. The molecular formula is C17H37Cl. The minimum absolute atomic E-state index is 0. The van der Waals surface area contributed by atoms with Crippen LogP contribution in [-0.4, -0.2) is 0 Å². The molecule has 0 aromatic rings. The van der Waals surface area contributed by atoms with E-state index in [2.05, 4.69) is 13.8 Å². The van der Waals surface area contributed by atoms with Crippen LogP contribution in [0.25, 0.3) is 0 Å². The second-order valence-corrected chi connectivity index (χ2v) is 5.60. The second kappa shape index (κ2) is 19.6. The van der Waals surface area contributed by atoms with Crippen LogP contribution in [0.4, 0.5) is 0 Å². The highest BCUT2D eigenvalue weighted by Crippen LogP contribution is 2.13. The van der Waals surface area contributed by atoms with E-state index in [0.717, 1.165) is 0 Å². The fourth-order valence-electron chi connectivity index (χ4n) is 2.44. The van der Waals surface area contributed by atoms with Gasteiger partial charge < -0.3 is 0 Å². The molecular weight excluding hydrogens is 240 g/mol. The maximum atomic E-state index is 2.29. The summed E-state index contributed by atoms with van der Waals surface area (Å²) in [6.07, 6.45) is 21.9. The molecule has 0 N–H and O–H groups in total. The van der Waals surface area contributed by atoms with Crippen molar-refractivity contribution < 1.29 is 0 Å². The number of unbranched alkanes of at least 4 members (excludes halogenated alkanes) is 14. The Morgan fingerprint density at radius 3 is 0.667 bits per heavy atom. The average molecular weight is 277 g/mol. The molecule has 18 heavy (non-hydrogen) atoms. The largest absolute Gasteiger partial charge is 0.147 e. The fourth-order valence-corrected chi connectivity index (χ4v) is 2.44. The van der Waals surface area contributed by atoms with Gasteiger partial charge in [-0.15, -0.1) is 12.4 Å². The Labute approximate surface area is 123 Å². The Kier molecular flexibility index (Phi) is 22.5. The SMILES string of the molecule is CCCCCCCCCCCCCCCCC.Cl. The molecule has 1 heteroatoms. The van der Waals surface area contributed by atoms with Gasteiger partial charge in [0, 0.05) is 0 Å². The van der Waals surface area contributed by atoms with Crippen LogP contribution < -0.4 is 0 Å². The third-order valence-corrected chi connectivity index (χ3v) is 3.71. The zero-order chi connectivity index (χ0) is 12.6. The normalized spacial score (nSPS) is 10.3. The molecule has 0 saturated heterocycles. The molecule has 0 unspecified atom stereocenters. The summed E-state index contributed by atoms with van der Waals surface area (Å²) < 4.78 is 0. The van der Waals surface area contributed by atoms with Crippen LogP contribution in [0, 0.1) is 0 Å². The van der Waals surface area contributed by atoms with Crippen LogP contribution in [0.2, 0.25) is 0 Å². The van der Waals surface area contributed by atoms with Crippen molar-refractivity contribution in [2.45, 2.75) is 110 Å². The van der Waals surface area contributed by atoms with Crippen LogP contribution in [0.3, 0.4) is 0 Å². The van der Waals surface area contributed by atoms with E-state index in [1.54, 1.807) is 0 Å². The lowest BCUT2D eigenvalue weighted by Crippen LogP contribution is -1.82. The molecule has 0 aliphatic carbocycles. The molecule has 0 heterocycles. The summed E-state index contributed by atoms with van der Waals surface area (Å²) in [5, 5.41) is 0. The Bertz CT molecular complexity index is 109. The van der Waals surface area contributed by atoms with Gasteiger partial charge in [-0.2, -0.15) is 0 Å². The summed E-state index contributed by atoms with van der Waals surface area (Å²) in [4.78, 5) is 0. The molecule has 112 valence electrons. The quantitative estimate of drug-likeness (QED) is 0.292. The maximum Gasteiger partial charge on any atom is -0.0533 e. The van der Waals surface area contributed by atoms with Crippen LogP contribution in [-0.2, 0) is 0 Å². The molecule has 0 amide bonds. The molecule has 0 aliphatic heterocycles. The zero-order valence-electron chi connectivity index (χ0n) is 13.0. The van der Waals surface area contributed by atoms with Crippen molar-refractivity contribution in [3.63, 3.8) is 0 Å². The molecule has 0 fully saturated rings. The molecule has 0 rings (SSSR count). The molecule has 0 spiro atoms. The topological polar surface area (TPSA) is 0 Å². The van der Waals surface area contributed by atoms with Crippen molar-refractivity contribution in [1.29, 1.82) is 0 Å². The fraction of sp³-hybridized carbons (Fsp3) is 1.00. The third kappa shape index (κ3) is 18.6. The first-order valence-electron chi connectivity index (χ1n) is 8.41. The maximum absolute atomic E-state index is 2.29. The lowest BCUT2D eigenvalue weighted by molar-refractivity contribution is 0.534. The first-order chi connectivity index (χ1) is 8.41.